The summed E-state index contributed by atoms with van der Waals surface area (Å²) in [4.78, 5) is 12.1. The molecule has 2 fully saturated rings. The number of piperidine rings is 1. The van der Waals surface area contributed by atoms with Crippen LogP contribution in [0.15, 0.2) is 0 Å². The Morgan fingerprint density at radius 1 is 1.40 bits per heavy atom. The van der Waals surface area contributed by atoms with Gasteiger partial charge < -0.3 is 15.4 Å². The van der Waals surface area contributed by atoms with Crippen LogP contribution in [0.5, 0.6) is 0 Å². The molecule has 2 aliphatic rings. The molecule has 2 rings (SSSR count). The topological polar surface area (TPSA) is 50.4 Å². The molecular formula is C15H28N2O2S. The van der Waals surface area contributed by atoms with Gasteiger partial charge in [-0.3, -0.25) is 4.79 Å². The number of hydrogen-bond donors (Lipinski definition) is 2. The summed E-state index contributed by atoms with van der Waals surface area (Å²) in [6, 6.07) is 0.264. The highest BCUT2D eigenvalue weighted by Crippen LogP contribution is 2.42. The molecule has 5 heteroatoms. The summed E-state index contributed by atoms with van der Waals surface area (Å²) in [6.45, 7) is 9.32. The van der Waals surface area contributed by atoms with Crippen LogP contribution >= 0.6 is 11.8 Å². The highest BCUT2D eigenvalue weighted by Gasteiger charge is 2.49. The zero-order chi connectivity index (χ0) is 14.6. The largest absolute Gasteiger partial charge is 0.378 e. The fourth-order valence-corrected chi connectivity index (χ4v) is 4.05. The maximum Gasteiger partial charge on any atom is 0.230 e. The van der Waals surface area contributed by atoms with Crippen LogP contribution in [0, 0.1) is 5.41 Å². The van der Waals surface area contributed by atoms with E-state index < -0.39 is 0 Å². The molecule has 1 aliphatic carbocycles. The van der Waals surface area contributed by atoms with Gasteiger partial charge in [0.25, 0.3) is 0 Å². The monoisotopic (exact) mass is 300 g/mol. The summed E-state index contributed by atoms with van der Waals surface area (Å²) in [5, 5.41) is 7.18. The molecule has 0 aromatic carbocycles. The molecule has 0 bridgehead atoms. The van der Waals surface area contributed by atoms with Crippen molar-refractivity contribution < 1.29 is 9.53 Å². The fourth-order valence-electron chi connectivity index (χ4n) is 3.01. The first-order valence-electron chi connectivity index (χ1n) is 7.77. The first kappa shape index (κ1) is 16.1. The Bertz CT molecular complexity index is 330. The number of hydrogen-bond acceptors (Lipinski definition) is 4. The van der Waals surface area contributed by atoms with Crippen LogP contribution in [0.2, 0.25) is 0 Å². The Labute approximate surface area is 126 Å². The summed E-state index contributed by atoms with van der Waals surface area (Å²) in [5.74, 6) is 0.776. The molecule has 0 spiro atoms. The summed E-state index contributed by atoms with van der Waals surface area (Å²) in [7, 11) is 0. The van der Waals surface area contributed by atoms with Gasteiger partial charge in [-0.15, -0.1) is 11.8 Å². The minimum Gasteiger partial charge on any atom is -0.378 e. The van der Waals surface area contributed by atoms with Crippen molar-refractivity contribution in [2.75, 3.05) is 25.4 Å². The molecule has 1 amide bonds. The maximum absolute atomic E-state index is 12.1. The lowest BCUT2D eigenvalue weighted by Crippen LogP contribution is -2.62. The SMILES string of the molecule is CCOC1CC(NC(=O)CSC2CCNCC2)C1(C)C. The molecule has 1 saturated carbocycles. The van der Waals surface area contributed by atoms with Crippen LogP contribution in [0.25, 0.3) is 0 Å². The molecule has 0 radical (unpaired) electrons. The number of ether oxygens (including phenoxy) is 1. The van der Waals surface area contributed by atoms with E-state index in [1.165, 1.54) is 12.8 Å². The van der Waals surface area contributed by atoms with Gasteiger partial charge in [0, 0.05) is 23.3 Å². The standard InChI is InChI=1S/C15H28N2O2S/c1-4-19-13-9-12(15(13,2)3)17-14(18)10-20-11-5-7-16-8-6-11/h11-13,16H,4-10H2,1-3H3,(H,17,18). The van der Waals surface area contributed by atoms with Gasteiger partial charge in [0.1, 0.15) is 0 Å². The number of rotatable bonds is 6. The van der Waals surface area contributed by atoms with Crippen molar-refractivity contribution in [1.82, 2.24) is 10.6 Å². The van der Waals surface area contributed by atoms with Crippen molar-refractivity contribution in [2.24, 2.45) is 5.41 Å². The molecule has 2 unspecified atom stereocenters. The Kier molecular flexibility index (Phi) is 5.75. The number of amides is 1. The van der Waals surface area contributed by atoms with Gasteiger partial charge in [0.15, 0.2) is 0 Å². The first-order valence-corrected chi connectivity index (χ1v) is 8.82. The van der Waals surface area contributed by atoms with E-state index in [1.807, 2.05) is 18.7 Å². The molecule has 4 nitrogen and oxygen atoms in total. The van der Waals surface area contributed by atoms with Crippen LogP contribution in [-0.2, 0) is 9.53 Å². The number of thioether (sulfide) groups is 1. The van der Waals surface area contributed by atoms with Crippen molar-refractivity contribution in [2.45, 2.75) is 57.4 Å². The number of carbonyl (C=O) groups excluding carboxylic acids is 1. The second-order valence-corrected chi connectivity index (χ2v) is 7.67. The van der Waals surface area contributed by atoms with E-state index in [0.29, 0.717) is 11.0 Å². The van der Waals surface area contributed by atoms with Crippen molar-refractivity contribution in [1.29, 1.82) is 0 Å². The maximum atomic E-state index is 12.1. The third-order valence-electron chi connectivity index (χ3n) is 4.62. The molecule has 116 valence electrons. The van der Waals surface area contributed by atoms with E-state index in [0.717, 1.165) is 26.1 Å². The zero-order valence-electron chi connectivity index (χ0n) is 12.9. The Morgan fingerprint density at radius 2 is 2.10 bits per heavy atom. The molecule has 20 heavy (non-hydrogen) atoms. The van der Waals surface area contributed by atoms with Crippen molar-refractivity contribution in [3.63, 3.8) is 0 Å². The molecule has 0 aromatic rings. The second-order valence-electron chi connectivity index (χ2n) is 6.38. The molecule has 1 heterocycles. The molecular weight excluding hydrogens is 272 g/mol. The van der Waals surface area contributed by atoms with Gasteiger partial charge in [-0.05, 0) is 39.3 Å². The van der Waals surface area contributed by atoms with Gasteiger partial charge in [0.05, 0.1) is 11.9 Å². The second kappa shape index (κ2) is 7.14. The van der Waals surface area contributed by atoms with Crippen molar-refractivity contribution in [3.8, 4) is 0 Å². The molecule has 1 saturated heterocycles. The zero-order valence-corrected chi connectivity index (χ0v) is 13.7. The predicted octanol–water partition coefficient (Wildman–Crippen LogP) is 1.79. The van der Waals surface area contributed by atoms with E-state index in [2.05, 4.69) is 24.5 Å². The van der Waals surface area contributed by atoms with Gasteiger partial charge in [0.2, 0.25) is 5.91 Å². The van der Waals surface area contributed by atoms with Crippen LogP contribution in [0.4, 0.5) is 0 Å². The van der Waals surface area contributed by atoms with E-state index in [9.17, 15) is 4.79 Å². The average molecular weight is 300 g/mol. The van der Waals surface area contributed by atoms with E-state index in [1.54, 1.807) is 0 Å². The predicted molar refractivity (Wildman–Crippen MR) is 84.1 cm³/mol. The Morgan fingerprint density at radius 3 is 2.70 bits per heavy atom. The number of carbonyl (C=O) groups is 1. The quantitative estimate of drug-likeness (QED) is 0.785. The first-order chi connectivity index (χ1) is 9.54. The van der Waals surface area contributed by atoms with E-state index >= 15 is 0 Å². The minimum absolute atomic E-state index is 0.0606. The number of nitrogens with one attached hydrogen (secondary N) is 2. The van der Waals surface area contributed by atoms with Gasteiger partial charge in [-0.25, -0.2) is 0 Å². The third-order valence-corrected chi connectivity index (χ3v) is 5.99. The van der Waals surface area contributed by atoms with E-state index in [-0.39, 0.29) is 23.5 Å². The highest BCUT2D eigenvalue weighted by molar-refractivity contribution is 8.00. The summed E-state index contributed by atoms with van der Waals surface area (Å²) < 4.78 is 5.70. The van der Waals surface area contributed by atoms with Crippen LogP contribution in [0.1, 0.15) is 40.0 Å². The average Bonchev–Trinajstić information content (AvgIpc) is 2.45. The lowest BCUT2D eigenvalue weighted by Gasteiger charge is -2.51. The van der Waals surface area contributed by atoms with Gasteiger partial charge in [-0.1, -0.05) is 13.8 Å². The highest BCUT2D eigenvalue weighted by atomic mass is 32.2. The van der Waals surface area contributed by atoms with Crippen LogP contribution in [-0.4, -0.2) is 48.8 Å². The molecule has 2 N–H and O–H groups in total. The lowest BCUT2D eigenvalue weighted by atomic mass is 9.64. The fraction of sp³-hybridized carbons (Fsp3) is 0.933. The molecule has 2 atom stereocenters. The Balaban J connectivity index is 1.67. The van der Waals surface area contributed by atoms with Crippen molar-refractivity contribution >= 4 is 17.7 Å². The lowest BCUT2D eigenvalue weighted by molar-refractivity contribution is -0.134. The summed E-state index contributed by atoms with van der Waals surface area (Å²) in [6.07, 6.45) is 3.60. The Hall–Kier alpha value is -0.260. The third kappa shape index (κ3) is 3.89. The molecule has 0 aromatic heterocycles. The van der Waals surface area contributed by atoms with Crippen LogP contribution in [0.3, 0.4) is 0 Å². The molecule has 1 aliphatic heterocycles. The summed E-state index contributed by atoms with van der Waals surface area (Å²) in [5.41, 5.74) is 0.0606. The summed E-state index contributed by atoms with van der Waals surface area (Å²) >= 11 is 1.81. The smallest absolute Gasteiger partial charge is 0.230 e. The van der Waals surface area contributed by atoms with Crippen LogP contribution < -0.4 is 10.6 Å². The minimum atomic E-state index is 0.0606. The normalized spacial score (nSPS) is 29.8. The van der Waals surface area contributed by atoms with Gasteiger partial charge in [-0.2, -0.15) is 0 Å². The van der Waals surface area contributed by atoms with E-state index in [4.69, 9.17) is 4.74 Å². The van der Waals surface area contributed by atoms with Crippen molar-refractivity contribution in [3.05, 3.63) is 0 Å². The van der Waals surface area contributed by atoms with Gasteiger partial charge >= 0.3 is 0 Å².